The SMILES string of the molecule is CC(C)COC(=O)NC(Cc1ccccc1)C(=O)NCC#N. The van der Waals surface area contributed by atoms with Crippen LogP contribution in [0, 0.1) is 17.2 Å². The molecular formula is C16H21N3O3. The van der Waals surface area contributed by atoms with E-state index in [4.69, 9.17) is 10.00 Å². The number of nitriles is 1. The molecule has 1 atom stereocenters. The maximum absolute atomic E-state index is 12.0. The van der Waals surface area contributed by atoms with Gasteiger partial charge in [-0.15, -0.1) is 0 Å². The second-order valence-corrected chi connectivity index (χ2v) is 5.25. The summed E-state index contributed by atoms with van der Waals surface area (Å²) in [6, 6.07) is 10.4. The van der Waals surface area contributed by atoms with Gasteiger partial charge in [0.15, 0.2) is 0 Å². The molecule has 1 unspecified atom stereocenters. The normalized spacial score (nSPS) is 11.4. The van der Waals surface area contributed by atoms with Crippen molar-refractivity contribution < 1.29 is 14.3 Å². The predicted octanol–water partition coefficient (Wildman–Crippen LogP) is 1.62. The zero-order valence-corrected chi connectivity index (χ0v) is 12.8. The fourth-order valence-corrected chi connectivity index (χ4v) is 1.74. The Kier molecular flexibility index (Phi) is 7.48. The Morgan fingerprint density at radius 3 is 2.55 bits per heavy atom. The predicted molar refractivity (Wildman–Crippen MR) is 81.9 cm³/mol. The molecule has 1 aromatic rings. The standard InChI is InChI=1S/C16H21N3O3/c1-12(2)11-22-16(21)19-14(15(20)18-9-8-17)10-13-6-4-3-5-7-13/h3-7,12,14H,9-11H2,1-2H3,(H,18,20)(H,19,21). The van der Waals surface area contributed by atoms with E-state index in [0.29, 0.717) is 6.42 Å². The van der Waals surface area contributed by atoms with Crippen LogP contribution in [0.1, 0.15) is 19.4 Å². The molecule has 0 saturated carbocycles. The molecule has 2 N–H and O–H groups in total. The minimum absolute atomic E-state index is 0.104. The van der Waals surface area contributed by atoms with Gasteiger partial charge in [-0.1, -0.05) is 44.2 Å². The Morgan fingerprint density at radius 1 is 1.27 bits per heavy atom. The average Bonchev–Trinajstić information content (AvgIpc) is 2.51. The Morgan fingerprint density at radius 2 is 1.95 bits per heavy atom. The summed E-state index contributed by atoms with van der Waals surface area (Å²) in [6.07, 6.45) is -0.309. The van der Waals surface area contributed by atoms with Crippen LogP contribution >= 0.6 is 0 Å². The first-order valence-corrected chi connectivity index (χ1v) is 7.14. The van der Waals surface area contributed by atoms with Crippen LogP contribution in [0.15, 0.2) is 30.3 Å². The molecule has 1 aromatic carbocycles. The summed E-state index contributed by atoms with van der Waals surface area (Å²) in [5, 5.41) is 13.5. The van der Waals surface area contributed by atoms with Crippen LogP contribution in [0.25, 0.3) is 0 Å². The van der Waals surface area contributed by atoms with Crippen molar-refractivity contribution in [3.05, 3.63) is 35.9 Å². The summed E-state index contributed by atoms with van der Waals surface area (Å²) < 4.78 is 5.03. The van der Waals surface area contributed by atoms with Crippen LogP contribution in [-0.4, -0.2) is 31.2 Å². The maximum Gasteiger partial charge on any atom is 0.407 e. The molecule has 0 spiro atoms. The Bertz CT molecular complexity index is 523. The Labute approximate surface area is 130 Å². The van der Waals surface area contributed by atoms with E-state index >= 15 is 0 Å². The molecule has 2 amide bonds. The van der Waals surface area contributed by atoms with Crippen molar-refractivity contribution in [2.45, 2.75) is 26.3 Å². The first kappa shape index (κ1) is 17.5. The Balaban J connectivity index is 2.67. The van der Waals surface area contributed by atoms with Crippen molar-refractivity contribution in [2.24, 2.45) is 5.92 Å². The number of nitrogens with zero attached hydrogens (tertiary/aromatic N) is 1. The molecule has 0 aliphatic carbocycles. The van der Waals surface area contributed by atoms with Crippen molar-refractivity contribution in [2.75, 3.05) is 13.2 Å². The van der Waals surface area contributed by atoms with Gasteiger partial charge in [-0.3, -0.25) is 4.79 Å². The smallest absolute Gasteiger partial charge is 0.407 e. The summed E-state index contributed by atoms with van der Waals surface area (Å²) in [5.41, 5.74) is 0.906. The fraction of sp³-hybridized carbons (Fsp3) is 0.438. The molecule has 6 heteroatoms. The van der Waals surface area contributed by atoms with Crippen LogP contribution in [0.5, 0.6) is 0 Å². The van der Waals surface area contributed by atoms with Crippen LogP contribution in [0.2, 0.25) is 0 Å². The highest BCUT2D eigenvalue weighted by Gasteiger charge is 2.21. The van der Waals surface area contributed by atoms with E-state index in [1.807, 2.05) is 50.2 Å². The molecule has 118 valence electrons. The van der Waals surface area contributed by atoms with Crippen molar-refractivity contribution in [1.29, 1.82) is 5.26 Å². The molecule has 6 nitrogen and oxygen atoms in total. The second kappa shape index (κ2) is 9.40. The molecule has 0 saturated heterocycles. The van der Waals surface area contributed by atoms with Gasteiger partial charge in [-0.2, -0.15) is 5.26 Å². The molecule has 0 bridgehead atoms. The summed E-state index contributed by atoms with van der Waals surface area (Å²) in [6.45, 7) is 4.03. The number of benzene rings is 1. The lowest BCUT2D eigenvalue weighted by Crippen LogP contribution is -2.48. The van der Waals surface area contributed by atoms with Gasteiger partial charge in [0.05, 0.1) is 12.7 Å². The van der Waals surface area contributed by atoms with Gasteiger partial charge >= 0.3 is 6.09 Å². The van der Waals surface area contributed by atoms with E-state index in [2.05, 4.69) is 10.6 Å². The van der Waals surface area contributed by atoms with Gasteiger partial charge in [-0.25, -0.2) is 4.79 Å². The van der Waals surface area contributed by atoms with Gasteiger partial charge in [0.1, 0.15) is 12.6 Å². The maximum atomic E-state index is 12.0. The van der Waals surface area contributed by atoms with Crippen LogP contribution < -0.4 is 10.6 Å². The number of rotatable bonds is 7. The summed E-state index contributed by atoms with van der Waals surface area (Å²) >= 11 is 0. The first-order chi connectivity index (χ1) is 10.5. The number of hydrogen-bond acceptors (Lipinski definition) is 4. The second-order valence-electron chi connectivity index (χ2n) is 5.25. The summed E-state index contributed by atoms with van der Waals surface area (Å²) in [5.74, 6) is -0.197. The molecule has 22 heavy (non-hydrogen) atoms. The quantitative estimate of drug-likeness (QED) is 0.749. The van der Waals surface area contributed by atoms with Crippen molar-refractivity contribution in [3.8, 4) is 6.07 Å². The Hall–Kier alpha value is -2.55. The molecule has 0 aliphatic rings. The number of alkyl carbamates (subject to hydrolysis) is 1. The third-order valence-corrected chi connectivity index (χ3v) is 2.78. The number of ether oxygens (including phenoxy) is 1. The van der Waals surface area contributed by atoms with Crippen molar-refractivity contribution >= 4 is 12.0 Å². The first-order valence-electron chi connectivity index (χ1n) is 7.14. The fourth-order valence-electron chi connectivity index (χ4n) is 1.74. The lowest BCUT2D eigenvalue weighted by molar-refractivity contribution is -0.122. The highest BCUT2D eigenvalue weighted by Crippen LogP contribution is 2.04. The van der Waals surface area contributed by atoms with E-state index in [1.165, 1.54) is 0 Å². The summed E-state index contributed by atoms with van der Waals surface area (Å²) in [7, 11) is 0. The lowest BCUT2D eigenvalue weighted by atomic mass is 10.1. The highest BCUT2D eigenvalue weighted by molar-refractivity contribution is 5.86. The highest BCUT2D eigenvalue weighted by atomic mass is 16.5. The molecule has 0 aromatic heterocycles. The number of amides is 2. The van der Waals surface area contributed by atoms with Gasteiger partial charge < -0.3 is 15.4 Å². The van der Waals surface area contributed by atoms with Crippen LogP contribution in [0.3, 0.4) is 0 Å². The van der Waals surface area contributed by atoms with Gasteiger partial charge in [-0.05, 0) is 11.5 Å². The van der Waals surface area contributed by atoms with E-state index in [-0.39, 0.29) is 19.1 Å². The van der Waals surface area contributed by atoms with E-state index < -0.39 is 18.0 Å². The van der Waals surface area contributed by atoms with Gasteiger partial charge in [0.2, 0.25) is 5.91 Å². The molecule has 0 fully saturated rings. The third kappa shape index (κ3) is 6.75. The molecule has 1 rings (SSSR count). The topological polar surface area (TPSA) is 91.2 Å². The number of carbonyl (C=O) groups is 2. The van der Waals surface area contributed by atoms with E-state index in [9.17, 15) is 9.59 Å². The van der Waals surface area contributed by atoms with E-state index in [1.54, 1.807) is 0 Å². The largest absolute Gasteiger partial charge is 0.449 e. The third-order valence-electron chi connectivity index (χ3n) is 2.78. The molecular weight excluding hydrogens is 282 g/mol. The number of hydrogen-bond donors (Lipinski definition) is 2. The molecule has 0 aliphatic heterocycles. The zero-order valence-electron chi connectivity index (χ0n) is 12.8. The minimum atomic E-state index is -0.782. The van der Waals surface area contributed by atoms with Crippen LogP contribution in [-0.2, 0) is 16.0 Å². The van der Waals surface area contributed by atoms with Crippen LogP contribution in [0.4, 0.5) is 4.79 Å². The molecule has 0 radical (unpaired) electrons. The molecule has 0 heterocycles. The van der Waals surface area contributed by atoms with E-state index in [0.717, 1.165) is 5.56 Å². The minimum Gasteiger partial charge on any atom is -0.449 e. The number of carbonyl (C=O) groups excluding carboxylic acids is 2. The van der Waals surface area contributed by atoms with Crippen molar-refractivity contribution in [3.63, 3.8) is 0 Å². The zero-order chi connectivity index (χ0) is 16.4. The lowest BCUT2D eigenvalue weighted by Gasteiger charge is -2.18. The average molecular weight is 303 g/mol. The monoisotopic (exact) mass is 303 g/mol. The van der Waals surface area contributed by atoms with Gasteiger partial charge in [0.25, 0.3) is 0 Å². The summed E-state index contributed by atoms with van der Waals surface area (Å²) in [4.78, 5) is 23.8. The van der Waals surface area contributed by atoms with Gasteiger partial charge in [0, 0.05) is 6.42 Å². The number of nitrogens with one attached hydrogen (secondary N) is 2. The van der Waals surface area contributed by atoms with Crippen molar-refractivity contribution in [1.82, 2.24) is 10.6 Å².